The smallest absolute Gasteiger partial charge is 0.201 e. The first-order valence-electron chi connectivity index (χ1n) is 14.8. The van der Waals surface area contributed by atoms with Crippen LogP contribution in [0.1, 0.15) is 97.3 Å². The Bertz CT molecular complexity index is 1320. The van der Waals surface area contributed by atoms with E-state index in [4.69, 9.17) is 9.47 Å². The average molecular weight is 565 g/mol. The molecule has 5 rings (SSSR count). The highest BCUT2D eigenvalue weighted by molar-refractivity contribution is 5.64. The summed E-state index contributed by atoms with van der Waals surface area (Å²) in [7, 11) is 1.43. The van der Waals surface area contributed by atoms with E-state index in [1.54, 1.807) is 18.5 Å². The first kappa shape index (κ1) is 29.3. The van der Waals surface area contributed by atoms with E-state index in [-0.39, 0.29) is 29.3 Å². The second-order valence-corrected chi connectivity index (χ2v) is 11.6. The number of benzene rings is 2. The number of phenolic OH excluding ortho intramolecular Hbond substituents is 2. The first-order chi connectivity index (χ1) is 19.9. The number of aliphatic hydroxyl groups excluding tert-OH is 2. The van der Waals surface area contributed by atoms with Gasteiger partial charge in [-0.2, -0.15) is 12.4 Å². The molecule has 0 unspecified atom stereocenters. The Kier molecular flexibility index (Phi) is 9.12. The van der Waals surface area contributed by atoms with Crippen molar-refractivity contribution in [3.8, 4) is 23.0 Å². The highest BCUT2D eigenvalue weighted by Crippen LogP contribution is 2.52. The number of aromatic hydroxyl groups is 3. The fourth-order valence-electron chi connectivity index (χ4n) is 6.92. The van der Waals surface area contributed by atoms with Crippen LogP contribution in [-0.2, 0) is 24.2 Å². The number of rotatable bonds is 10. The third-order valence-corrected chi connectivity index (χ3v) is 9.09. The van der Waals surface area contributed by atoms with E-state index >= 15 is 0 Å². The van der Waals surface area contributed by atoms with Crippen LogP contribution in [0.15, 0.2) is 36.7 Å². The summed E-state index contributed by atoms with van der Waals surface area (Å²) >= 11 is 0. The maximum Gasteiger partial charge on any atom is 0.201 e. The molecule has 1 aliphatic carbocycles. The van der Waals surface area contributed by atoms with Crippen LogP contribution < -0.4 is 9.72 Å². The van der Waals surface area contributed by atoms with Crippen LogP contribution in [0, 0.1) is 5.92 Å². The Morgan fingerprint density at radius 3 is 2.56 bits per heavy atom. The quantitative estimate of drug-likeness (QED) is 0.164. The van der Waals surface area contributed by atoms with Gasteiger partial charge in [0, 0.05) is 23.5 Å². The van der Waals surface area contributed by atoms with E-state index in [9.17, 15) is 25.5 Å². The standard InChI is InChI=1S/C33H42NO7/c1-3-4-5-6-22-14-20(8-10-26(22)36)21-7-9-23-27(37)16-29(41-28(23)15-21)30-24(13-19-11-12-34-17-19)33(40-2)32(39)31(38)25(30)18-35/h8,10-12,14,17,21,23,27-29,35-39H,3-7,9,13,15-16,18H2,1-2H3/q-1/t21-,23-,27+,28+,29+/m1/s1. The summed E-state index contributed by atoms with van der Waals surface area (Å²) in [5.41, 5.74) is 4.36. The lowest BCUT2D eigenvalue weighted by Crippen LogP contribution is -2.44. The number of aliphatic hydroxyl groups is 2. The zero-order chi connectivity index (χ0) is 29.1. The molecule has 2 fully saturated rings. The lowest BCUT2D eigenvalue weighted by molar-refractivity contribution is -0.154. The number of aromatic nitrogens is 1. The van der Waals surface area contributed by atoms with Crippen molar-refractivity contribution in [2.75, 3.05) is 7.11 Å². The molecule has 3 aromatic rings. The van der Waals surface area contributed by atoms with Crippen molar-refractivity contribution >= 4 is 0 Å². The van der Waals surface area contributed by atoms with Gasteiger partial charge in [0.05, 0.1) is 32.0 Å². The van der Waals surface area contributed by atoms with Crippen LogP contribution in [0.4, 0.5) is 0 Å². The van der Waals surface area contributed by atoms with Crippen LogP contribution in [0.2, 0.25) is 0 Å². The summed E-state index contributed by atoms with van der Waals surface area (Å²) in [6.45, 7) is 1.66. The van der Waals surface area contributed by atoms with Gasteiger partial charge in [-0.15, -0.1) is 0 Å². The highest BCUT2D eigenvalue weighted by atomic mass is 16.5. The van der Waals surface area contributed by atoms with E-state index in [1.165, 1.54) is 12.7 Å². The molecule has 2 aliphatic rings. The maximum atomic E-state index is 11.3. The minimum absolute atomic E-state index is 0.0171. The Morgan fingerprint density at radius 2 is 1.85 bits per heavy atom. The monoisotopic (exact) mass is 564 g/mol. The maximum absolute atomic E-state index is 11.3. The van der Waals surface area contributed by atoms with E-state index in [1.807, 2.05) is 12.1 Å². The van der Waals surface area contributed by atoms with Crippen molar-refractivity contribution in [2.45, 2.75) is 95.5 Å². The molecule has 41 heavy (non-hydrogen) atoms. The Labute approximate surface area is 241 Å². The molecule has 5 N–H and O–H groups in total. The van der Waals surface area contributed by atoms with Crippen LogP contribution in [0.5, 0.6) is 23.0 Å². The predicted octanol–water partition coefficient (Wildman–Crippen LogP) is 5.36. The normalized spacial score (nSPS) is 24.2. The van der Waals surface area contributed by atoms with Gasteiger partial charge in [0.2, 0.25) is 5.75 Å². The lowest BCUT2D eigenvalue weighted by Gasteiger charge is -2.45. The lowest BCUT2D eigenvalue weighted by atomic mass is 9.71. The van der Waals surface area contributed by atoms with Crippen LogP contribution >= 0.6 is 0 Å². The molecule has 1 aliphatic heterocycles. The summed E-state index contributed by atoms with van der Waals surface area (Å²) in [4.78, 5) is 4.14. The number of fused-ring (bicyclic) bond motifs is 1. The van der Waals surface area contributed by atoms with Crippen molar-refractivity contribution in [2.24, 2.45) is 5.92 Å². The Morgan fingerprint density at radius 1 is 1.02 bits per heavy atom. The van der Waals surface area contributed by atoms with Crippen molar-refractivity contribution < 1.29 is 35.0 Å². The minimum Gasteiger partial charge on any atom is -0.670 e. The third-order valence-electron chi connectivity index (χ3n) is 9.09. The van der Waals surface area contributed by atoms with E-state index < -0.39 is 30.3 Å². The van der Waals surface area contributed by atoms with Crippen molar-refractivity contribution in [1.29, 1.82) is 0 Å². The number of unbranched alkanes of at least 4 members (excludes halogenated alkanes) is 2. The van der Waals surface area contributed by atoms with Gasteiger partial charge in [0.15, 0.2) is 11.5 Å². The molecule has 1 saturated carbocycles. The third kappa shape index (κ3) is 5.92. The topological polar surface area (TPSA) is 134 Å². The van der Waals surface area contributed by atoms with E-state index in [0.29, 0.717) is 29.7 Å². The van der Waals surface area contributed by atoms with Gasteiger partial charge in [-0.1, -0.05) is 43.5 Å². The molecule has 8 heteroatoms. The number of ether oxygens (including phenoxy) is 2. The van der Waals surface area contributed by atoms with Gasteiger partial charge in [0.25, 0.3) is 0 Å². The molecule has 8 nitrogen and oxygen atoms in total. The molecule has 222 valence electrons. The number of hydrogen-bond donors (Lipinski definition) is 5. The van der Waals surface area contributed by atoms with Crippen molar-refractivity contribution in [3.63, 3.8) is 0 Å². The molecule has 1 aromatic heterocycles. The van der Waals surface area contributed by atoms with E-state index in [0.717, 1.165) is 56.1 Å². The molecular weight excluding hydrogens is 522 g/mol. The van der Waals surface area contributed by atoms with Crippen molar-refractivity contribution in [1.82, 2.24) is 4.98 Å². The first-order valence-corrected chi connectivity index (χ1v) is 14.8. The number of nitrogens with zero attached hydrogens (tertiary/aromatic N) is 1. The molecule has 0 spiro atoms. The zero-order valence-electron chi connectivity index (χ0n) is 23.9. The highest BCUT2D eigenvalue weighted by Gasteiger charge is 2.44. The molecule has 2 heterocycles. The van der Waals surface area contributed by atoms with Gasteiger partial charge in [0.1, 0.15) is 5.75 Å². The molecule has 0 amide bonds. The molecule has 5 atom stereocenters. The number of phenols is 3. The summed E-state index contributed by atoms with van der Waals surface area (Å²) < 4.78 is 12.3. The van der Waals surface area contributed by atoms with Crippen LogP contribution in [-0.4, -0.2) is 44.9 Å². The Balaban J connectivity index is 1.46. The van der Waals surface area contributed by atoms with Gasteiger partial charge in [-0.3, -0.25) is 0 Å². The zero-order valence-corrected chi connectivity index (χ0v) is 23.9. The van der Waals surface area contributed by atoms with Crippen LogP contribution in [0.3, 0.4) is 0 Å². The van der Waals surface area contributed by atoms with Crippen LogP contribution in [0.25, 0.3) is 0 Å². The second kappa shape index (κ2) is 12.8. The van der Waals surface area contributed by atoms with Gasteiger partial charge in [-0.05, 0) is 67.2 Å². The molecule has 0 bridgehead atoms. The number of aryl methyl sites for hydroxylation is 1. The molecule has 1 saturated heterocycles. The second-order valence-electron chi connectivity index (χ2n) is 11.6. The summed E-state index contributed by atoms with van der Waals surface area (Å²) in [5, 5.41) is 53.7. The van der Waals surface area contributed by atoms with E-state index in [2.05, 4.69) is 18.0 Å². The number of methoxy groups -OCH3 is 1. The summed E-state index contributed by atoms with van der Waals surface area (Å²) in [6.07, 6.45) is 9.19. The predicted molar refractivity (Wildman–Crippen MR) is 154 cm³/mol. The Hall–Kier alpha value is -3.20. The van der Waals surface area contributed by atoms with Gasteiger partial charge >= 0.3 is 0 Å². The fraction of sp³-hybridized carbons (Fsp3) is 0.515. The molecular formula is C33H42NO7-. The SMILES string of the molecule is CCCCCc1cc([C@@H]2CC[C@H]3[C@H](C2)O[C@H](c2c(CO)c(O)c(O)c(OC)c2Cc2cc[n-]c2)C[C@@H]3O)ccc1O. The summed E-state index contributed by atoms with van der Waals surface area (Å²) in [6, 6.07) is 7.79. The summed E-state index contributed by atoms with van der Waals surface area (Å²) in [5.74, 6) is -0.196. The molecule has 2 aromatic carbocycles. The number of hydrogen-bond acceptors (Lipinski definition) is 7. The average Bonchev–Trinajstić information content (AvgIpc) is 3.49. The largest absolute Gasteiger partial charge is 0.670 e. The minimum atomic E-state index is -0.619. The van der Waals surface area contributed by atoms with Crippen molar-refractivity contribution in [3.05, 3.63) is 70.0 Å². The van der Waals surface area contributed by atoms with Gasteiger partial charge in [-0.25, -0.2) is 0 Å². The molecule has 0 radical (unpaired) electrons. The van der Waals surface area contributed by atoms with Gasteiger partial charge < -0.3 is 40.0 Å². The fourth-order valence-corrected chi connectivity index (χ4v) is 6.92.